The summed E-state index contributed by atoms with van der Waals surface area (Å²) < 4.78 is 13.3. The van der Waals surface area contributed by atoms with Crippen molar-refractivity contribution >= 4 is 17.3 Å². The zero-order valence-electron chi connectivity index (χ0n) is 12.7. The predicted molar refractivity (Wildman–Crippen MR) is 90.3 cm³/mol. The molecule has 1 aromatic heterocycles. The molecule has 4 rings (SSSR count). The van der Waals surface area contributed by atoms with Crippen molar-refractivity contribution in [3.63, 3.8) is 0 Å². The van der Waals surface area contributed by atoms with Crippen LogP contribution in [0.25, 0.3) is 0 Å². The lowest BCUT2D eigenvalue weighted by Gasteiger charge is -2.37. The Balaban J connectivity index is 1.86. The van der Waals surface area contributed by atoms with Crippen molar-refractivity contribution in [1.29, 1.82) is 0 Å². The number of amides is 1. The zero-order valence-corrected chi connectivity index (χ0v) is 12.7. The van der Waals surface area contributed by atoms with Crippen molar-refractivity contribution in [1.82, 2.24) is 4.98 Å². The topological polar surface area (TPSA) is 45.2 Å². The van der Waals surface area contributed by atoms with E-state index in [0.717, 1.165) is 5.69 Å². The number of hydrogen-bond acceptors (Lipinski definition) is 3. The number of benzene rings is 2. The Labute approximate surface area is 138 Å². The molecule has 0 spiro atoms. The molecule has 2 heterocycles. The first kappa shape index (κ1) is 14.4. The lowest BCUT2D eigenvalue weighted by molar-refractivity contribution is 0.0974. The summed E-state index contributed by atoms with van der Waals surface area (Å²) in [5.41, 5.74) is 2.66. The summed E-state index contributed by atoms with van der Waals surface area (Å²) in [4.78, 5) is 19.0. The number of halogens is 1. The summed E-state index contributed by atoms with van der Waals surface area (Å²) in [6.07, 6.45) is 1.23. The Morgan fingerprint density at radius 3 is 2.46 bits per heavy atom. The van der Waals surface area contributed by atoms with Gasteiger partial charge in [-0.3, -0.25) is 14.7 Å². The summed E-state index contributed by atoms with van der Waals surface area (Å²) in [6, 6.07) is 18.8. The number of carbonyl (C=O) groups is 1. The molecular formula is C19H14FN3O. The second-order valence-electron chi connectivity index (χ2n) is 5.50. The molecule has 1 atom stereocenters. The van der Waals surface area contributed by atoms with Gasteiger partial charge in [0, 0.05) is 17.6 Å². The number of rotatable bonds is 2. The highest BCUT2D eigenvalue weighted by atomic mass is 19.1. The summed E-state index contributed by atoms with van der Waals surface area (Å²) in [6.45, 7) is 0. The quantitative estimate of drug-likeness (QED) is 0.777. The van der Waals surface area contributed by atoms with Gasteiger partial charge in [0.05, 0.1) is 11.3 Å². The van der Waals surface area contributed by atoms with Gasteiger partial charge in [0.2, 0.25) is 0 Å². The Morgan fingerprint density at radius 2 is 1.71 bits per heavy atom. The first-order chi connectivity index (χ1) is 11.7. The van der Waals surface area contributed by atoms with E-state index in [1.54, 1.807) is 29.3 Å². The van der Waals surface area contributed by atoms with E-state index in [4.69, 9.17) is 0 Å². The van der Waals surface area contributed by atoms with Crippen LogP contribution in [-0.2, 0) is 0 Å². The minimum Gasteiger partial charge on any atom is -0.359 e. The number of aromatic nitrogens is 1. The van der Waals surface area contributed by atoms with E-state index in [9.17, 15) is 9.18 Å². The van der Waals surface area contributed by atoms with Gasteiger partial charge in [-0.05, 0) is 48.5 Å². The summed E-state index contributed by atoms with van der Waals surface area (Å²) >= 11 is 0. The zero-order chi connectivity index (χ0) is 16.5. The fourth-order valence-corrected chi connectivity index (χ4v) is 2.87. The molecule has 0 saturated carbocycles. The van der Waals surface area contributed by atoms with Crippen molar-refractivity contribution < 1.29 is 9.18 Å². The van der Waals surface area contributed by atoms with Crippen LogP contribution in [0, 0.1) is 5.82 Å². The molecule has 0 saturated heterocycles. The van der Waals surface area contributed by atoms with Crippen LogP contribution in [0.2, 0.25) is 0 Å². The van der Waals surface area contributed by atoms with Gasteiger partial charge in [0.1, 0.15) is 5.82 Å². The monoisotopic (exact) mass is 319 g/mol. The van der Waals surface area contributed by atoms with Crippen molar-refractivity contribution in [3.05, 3.63) is 90.0 Å². The number of pyridine rings is 1. The molecule has 0 bridgehead atoms. The maximum atomic E-state index is 13.3. The van der Waals surface area contributed by atoms with Crippen LogP contribution >= 0.6 is 0 Å². The highest BCUT2D eigenvalue weighted by molar-refractivity contribution is 6.12. The number of nitrogens with zero attached hydrogens (tertiary/aromatic N) is 2. The number of fused-ring (bicyclic) bond motifs is 1. The van der Waals surface area contributed by atoms with Crippen LogP contribution in [0.4, 0.5) is 15.8 Å². The average Bonchev–Trinajstić information content (AvgIpc) is 2.63. The standard InChI is InChI=1S/C19H14FN3O/c20-13-8-10-14(11-9-13)23-18(17-7-3-4-12-21-17)22-16-6-2-1-5-15(16)19(23)24/h1-12,18,22H/t18-/m0/s1. The smallest absolute Gasteiger partial charge is 0.262 e. The molecule has 1 aliphatic heterocycles. The number of nitrogens with one attached hydrogen (secondary N) is 1. The lowest BCUT2D eigenvalue weighted by atomic mass is 10.0. The number of carbonyl (C=O) groups excluding carboxylic acids is 1. The van der Waals surface area contributed by atoms with Crippen LogP contribution in [-0.4, -0.2) is 10.9 Å². The molecule has 0 aliphatic carbocycles. The SMILES string of the molecule is O=C1c2ccccc2N[C@H](c2ccccn2)N1c1ccc(F)cc1. The minimum atomic E-state index is -0.459. The van der Waals surface area contributed by atoms with Crippen LogP contribution < -0.4 is 10.2 Å². The van der Waals surface area contributed by atoms with E-state index < -0.39 is 6.17 Å². The van der Waals surface area contributed by atoms with Gasteiger partial charge in [-0.25, -0.2) is 4.39 Å². The molecule has 1 aliphatic rings. The molecule has 4 nitrogen and oxygen atoms in total. The third kappa shape index (κ3) is 2.40. The Kier molecular flexibility index (Phi) is 3.46. The van der Waals surface area contributed by atoms with Gasteiger partial charge < -0.3 is 5.32 Å². The van der Waals surface area contributed by atoms with E-state index in [-0.39, 0.29) is 11.7 Å². The molecule has 3 aromatic rings. The normalized spacial score (nSPS) is 16.5. The molecule has 0 unspecified atom stereocenters. The molecule has 24 heavy (non-hydrogen) atoms. The van der Waals surface area contributed by atoms with E-state index in [1.807, 2.05) is 36.4 Å². The van der Waals surface area contributed by atoms with Crippen molar-refractivity contribution in [2.75, 3.05) is 10.2 Å². The first-order valence-electron chi connectivity index (χ1n) is 7.60. The van der Waals surface area contributed by atoms with Crippen LogP contribution in [0.15, 0.2) is 72.9 Å². The third-order valence-electron chi connectivity index (χ3n) is 4.00. The molecule has 2 aromatic carbocycles. The number of para-hydroxylation sites is 1. The van der Waals surface area contributed by atoms with Crippen LogP contribution in [0.5, 0.6) is 0 Å². The second kappa shape index (κ2) is 5.77. The van der Waals surface area contributed by atoms with Crippen molar-refractivity contribution in [2.45, 2.75) is 6.17 Å². The fraction of sp³-hybridized carbons (Fsp3) is 0.0526. The summed E-state index contributed by atoms with van der Waals surface area (Å²) in [5, 5.41) is 3.36. The molecule has 0 fully saturated rings. The van der Waals surface area contributed by atoms with Gasteiger partial charge in [-0.15, -0.1) is 0 Å². The summed E-state index contributed by atoms with van der Waals surface area (Å²) in [5.74, 6) is -0.488. The fourth-order valence-electron chi connectivity index (χ4n) is 2.87. The van der Waals surface area contributed by atoms with E-state index >= 15 is 0 Å². The van der Waals surface area contributed by atoms with E-state index in [2.05, 4.69) is 10.3 Å². The second-order valence-corrected chi connectivity index (χ2v) is 5.50. The average molecular weight is 319 g/mol. The van der Waals surface area contributed by atoms with Gasteiger partial charge >= 0.3 is 0 Å². The largest absolute Gasteiger partial charge is 0.359 e. The minimum absolute atomic E-state index is 0.147. The van der Waals surface area contributed by atoms with E-state index in [0.29, 0.717) is 16.9 Å². The molecule has 1 amide bonds. The van der Waals surface area contributed by atoms with Crippen molar-refractivity contribution in [2.24, 2.45) is 0 Å². The maximum absolute atomic E-state index is 13.3. The van der Waals surface area contributed by atoms with Gasteiger partial charge in [-0.1, -0.05) is 18.2 Å². The Morgan fingerprint density at radius 1 is 0.958 bits per heavy atom. The van der Waals surface area contributed by atoms with Gasteiger partial charge in [0.25, 0.3) is 5.91 Å². The first-order valence-corrected chi connectivity index (χ1v) is 7.60. The van der Waals surface area contributed by atoms with Gasteiger partial charge in [0.15, 0.2) is 6.17 Å². The molecular weight excluding hydrogens is 305 g/mol. The lowest BCUT2D eigenvalue weighted by Crippen LogP contribution is -2.43. The van der Waals surface area contributed by atoms with Gasteiger partial charge in [-0.2, -0.15) is 0 Å². The molecule has 118 valence electrons. The van der Waals surface area contributed by atoms with Crippen LogP contribution in [0.1, 0.15) is 22.2 Å². The number of hydrogen-bond donors (Lipinski definition) is 1. The molecule has 1 N–H and O–H groups in total. The third-order valence-corrected chi connectivity index (χ3v) is 4.00. The Hall–Kier alpha value is -3.21. The number of anilines is 2. The highest BCUT2D eigenvalue weighted by Crippen LogP contribution is 2.35. The van der Waals surface area contributed by atoms with E-state index in [1.165, 1.54) is 12.1 Å². The molecule has 5 heteroatoms. The Bertz CT molecular complexity index is 881. The highest BCUT2D eigenvalue weighted by Gasteiger charge is 2.34. The molecule has 0 radical (unpaired) electrons. The predicted octanol–water partition coefficient (Wildman–Crippen LogP) is 3.99. The van der Waals surface area contributed by atoms with Crippen LogP contribution in [0.3, 0.4) is 0 Å². The maximum Gasteiger partial charge on any atom is 0.262 e. The van der Waals surface area contributed by atoms with Crippen molar-refractivity contribution in [3.8, 4) is 0 Å². The summed E-state index contributed by atoms with van der Waals surface area (Å²) in [7, 11) is 0.